The van der Waals surface area contributed by atoms with Gasteiger partial charge in [-0.05, 0) is 47.2 Å². The SMILES string of the molecule is COc1cc(C2(c3cc(OC)c(O)c(OC)c3)OC[C@@H](C)[C@@H]2C)cc(OC)c1O. The molecule has 0 bridgehead atoms. The van der Waals surface area contributed by atoms with Crippen LogP contribution in [0.5, 0.6) is 34.5 Å². The first-order valence-electron chi connectivity index (χ1n) is 9.38. The van der Waals surface area contributed by atoms with Crippen LogP contribution in [0.1, 0.15) is 25.0 Å². The first-order chi connectivity index (χ1) is 13.8. The van der Waals surface area contributed by atoms with E-state index < -0.39 is 5.60 Å². The zero-order valence-corrected chi connectivity index (χ0v) is 17.6. The molecule has 1 aliphatic rings. The van der Waals surface area contributed by atoms with Crippen molar-refractivity contribution in [1.29, 1.82) is 0 Å². The standard InChI is InChI=1S/C22H28O7/c1-12-11-29-22(13(12)2,14-7-16(25-3)20(23)17(8-14)26-4)15-9-18(27-5)21(24)19(10-15)28-6/h7-10,12-13,23-24H,11H2,1-6H3/t12-,13+/m1/s1. The van der Waals surface area contributed by atoms with Crippen LogP contribution < -0.4 is 18.9 Å². The molecule has 158 valence electrons. The zero-order valence-electron chi connectivity index (χ0n) is 17.6. The third-order valence-corrected chi connectivity index (χ3v) is 5.89. The fourth-order valence-corrected chi connectivity index (χ4v) is 4.01. The Labute approximate surface area is 170 Å². The van der Waals surface area contributed by atoms with Crippen molar-refractivity contribution in [2.45, 2.75) is 19.4 Å². The van der Waals surface area contributed by atoms with Crippen LogP contribution in [0.2, 0.25) is 0 Å². The van der Waals surface area contributed by atoms with Gasteiger partial charge in [-0.2, -0.15) is 0 Å². The summed E-state index contributed by atoms with van der Waals surface area (Å²) in [7, 11) is 5.94. The quantitative estimate of drug-likeness (QED) is 0.759. The number of methoxy groups -OCH3 is 4. The van der Waals surface area contributed by atoms with Gasteiger partial charge in [-0.25, -0.2) is 0 Å². The average molecular weight is 404 g/mol. The van der Waals surface area contributed by atoms with Gasteiger partial charge in [-0.3, -0.25) is 0 Å². The van der Waals surface area contributed by atoms with Crippen LogP contribution in [0.25, 0.3) is 0 Å². The van der Waals surface area contributed by atoms with Crippen LogP contribution in [0.15, 0.2) is 24.3 Å². The molecular formula is C22H28O7. The van der Waals surface area contributed by atoms with E-state index in [0.29, 0.717) is 6.61 Å². The van der Waals surface area contributed by atoms with E-state index in [9.17, 15) is 10.2 Å². The number of ether oxygens (including phenoxy) is 5. The summed E-state index contributed by atoms with van der Waals surface area (Å²) < 4.78 is 27.9. The minimum atomic E-state index is -0.887. The molecule has 0 spiro atoms. The third kappa shape index (κ3) is 3.19. The van der Waals surface area contributed by atoms with Gasteiger partial charge in [-0.1, -0.05) is 13.8 Å². The van der Waals surface area contributed by atoms with Crippen LogP contribution in [-0.2, 0) is 10.3 Å². The predicted molar refractivity (Wildman–Crippen MR) is 107 cm³/mol. The second-order valence-electron chi connectivity index (χ2n) is 7.27. The molecule has 7 nitrogen and oxygen atoms in total. The molecule has 7 heteroatoms. The fourth-order valence-electron chi connectivity index (χ4n) is 4.01. The maximum Gasteiger partial charge on any atom is 0.200 e. The van der Waals surface area contributed by atoms with Crippen molar-refractivity contribution in [2.24, 2.45) is 11.8 Å². The van der Waals surface area contributed by atoms with Crippen molar-refractivity contribution in [1.82, 2.24) is 0 Å². The van der Waals surface area contributed by atoms with Crippen molar-refractivity contribution in [2.75, 3.05) is 35.0 Å². The third-order valence-electron chi connectivity index (χ3n) is 5.89. The van der Waals surface area contributed by atoms with Crippen molar-refractivity contribution in [3.05, 3.63) is 35.4 Å². The van der Waals surface area contributed by atoms with Crippen molar-refractivity contribution in [3.63, 3.8) is 0 Å². The van der Waals surface area contributed by atoms with E-state index in [1.807, 2.05) is 0 Å². The molecule has 0 unspecified atom stereocenters. The number of phenols is 2. The van der Waals surface area contributed by atoms with Gasteiger partial charge in [0, 0.05) is 0 Å². The van der Waals surface area contributed by atoms with Crippen molar-refractivity contribution >= 4 is 0 Å². The Morgan fingerprint density at radius 2 is 1.10 bits per heavy atom. The molecule has 0 amide bonds. The summed E-state index contributed by atoms with van der Waals surface area (Å²) in [5.74, 6) is 1.30. The van der Waals surface area contributed by atoms with E-state index in [4.69, 9.17) is 23.7 Å². The topological polar surface area (TPSA) is 86.6 Å². The monoisotopic (exact) mass is 404 g/mol. The minimum Gasteiger partial charge on any atom is -0.502 e. The van der Waals surface area contributed by atoms with Crippen LogP contribution >= 0.6 is 0 Å². The summed E-state index contributed by atoms with van der Waals surface area (Å²) in [5, 5.41) is 20.7. The van der Waals surface area contributed by atoms with Gasteiger partial charge in [0.25, 0.3) is 0 Å². The molecular weight excluding hydrogens is 376 g/mol. The first kappa shape index (κ1) is 20.9. The van der Waals surface area contributed by atoms with E-state index >= 15 is 0 Å². The Morgan fingerprint density at radius 3 is 1.34 bits per heavy atom. The summed E-state index contributed by atoms with van der Waals surface area (Å²) in [5.41, 5.74) is 0.633. The van der Waals surface area contributed by atoms with Gasteiger partial charge in [0.05, 0.1) is 35.0 Å². The second kappa shape index (κ2) is 7.91. The lowest BCUT2D eigenvalue weighted by molar-refractivity contribution is 0.0134. The van der Waals surface area contributed by atoms with Crippen LogP contribution in [0, 0.1) is 11.8 Å². The molecule has 1 fully saturated rings. The maximum absolute atomic E-state index is 10.4. The summed E-state index contributed by atoms with van der Waals surface area (Å²) in [6, 6.07) is 6.99. The van der Waals surface area contributed by atoms with Crippen LogP contribution in [0.4, 0.5) is 0 Å². The molecule has 0 aromatic heterocycles. The number of rotatable bonds is 6. The molecule has 1 heterocycles. The zero-order chi connectivity index (χ0) is 21.3. The van der Waals surface area contributed by atoms with E-state index in [1.165, 1.54) is 28.4 Å². The predicted octanol–water partition coefficient (Wildman–Crippen LogP) is 3.68. The normalized spacial score (nSPS) is 20.3. The number of aromatic hydroxyl groups is 2. The van der Waals surface area contributed by atoms with Gasteiger partial charge in [0.15, 0.2) is 23.0 Å². The number of benzene rings is 2. The van der Waals surface area contributed by atoms with Gasteiger partial charge >= 0.3 is 0 Å². The average Bonchev–Trinajstić information content (AvgIpc) is 3.04. The van der Waals surface area contributed by atoms with Crippen molar-refractivity contribution < 1.29 is 33.9 Å². The summed E-state index contributed by atoms with van der Waals surface area (Å²) >= 11 is 0. The maximum atomic E-state index is 10.4. The number of hydrogen-bond donors (Lipinski definition) is 2. The minimum absolute atomic E-state index is 0.0559. The molecule has 2 atom stereocenters. The van der Waals surface area contributed by atoms with Gasteiger partial charge in [0.1, 0.15) is 5.60 Å². The molecule has 1 aliphatic heterocycles. The molecule has 1 saturated heterocycles. The molecule has 0 aliphatic carbocycles. The smallest absolute Gasteiger partial charge is 0.200 e. The molecule has 2 aromatic carbocycles. The molecule has 29 heavy (non-hydrogen) atoms. The Balaban J connectivity index is 2.33. The van der Waals surface area contributed by atoms with Gasteiger partial charge < -0.3 is 33.9 Å². The molecule has 2 aromatic rings. The van der Waals surface area contributed by atoms with E-state index in [-0.39, 0.29) is 46.3 Å². The highest BCUT2D eigenvalue weighted by molar-refractivity contribution is 5.59. The summed E-state index contributed by atoms with van der Waals surface area (Å²) in [4.78, 5) is 0. The van der Waals surface area contributed by atoms with Gasteiger partial charge in [-0.15, -0.1) is 0 Å². The Hall–Kier alpha value is -2.80. The van der Waals surface area contributed by atoms with E-state index in [1.54, 1.807) is 24.3 Å². The second-order valence-corrected chi connectivity index (χ2v) is 7.27. The van der Waals surface area contributed by atoms with Crippen molar-refractivity contribution in [3.8, 4) is 34.5 Å². The molecule has 0 saturated carbocycles. The van der Waals surface area contributed by atoms with Crippen LogP contribution in [-0.4, -0.2) is 45.3 Å². The number of phenolic OH excluding ortho intramolecular Hbond substituents is 2. The Kier molecular flexibility index (Phi) is 5.71. The van der Waals surface area contributed by atoms with Crippen LogP contribution in [0.3, 0.4) is 0 Å². The lowest BCUT2D eigenvalue weighted by Gasteiger charge is -2.36. The molecule has 2 N–H and O–H groups in total. The fraction of sp³-hybridized carbons (Fsp3) is 0.455. The largest absolute Gasteiger partial charge is 0.502 e. The molecule has 0 radical (unpaired) electrons. The van der Waals surface area contributed by atoms with E-state index in [2.05, 4.69) is 13.8 Å². The lowest BCUT2D eigenvalue weighted by Crippen LogP contribution is -2.34. The van der Waals surface area contributed by atoms with E-state index in [0.717, 1.165) is 11.1 Å². The first-order valence-corrected chi connectivity index (χ1v) is 9.38. The van der Waals surface area contributed by atoms with Gasteiger partial charge in [0.2, 0.25) is 11.5 Å². The summed E-state index contributed by atoms with van der Waals surface area (Å²) in [6.07, 6.45) is 0. The highest BCUT2D eigenvalue weighted by Gasteiger charge is 2.49. The number of hydrogen-bond acceptors (Lipinski definition) is 7. The highest BCUT2D eigenvalue weighted by atomic mass is 16.5. The lowest BCUT2D eigenvalue weighted by atomic mass is 9.74. The Morgan fingerprint density at radius 1 is 0.759 bits per heavy atom. The highest BCUT2D eigenvalue weighted by Crippen LogP contribution is 2.54. The Bertz CT molecular complexity index is 781. The summed E-state index contributed by atoms with van der Waals surface area (Å²) in [6.45, 7) is 4.77. The molecule has 3 rings (SSSR count).